The molecule has 196 valence electrons. The first kappa shape index (κ1) is 27.9. The van der Waals surface area contributed by atoms with E-state index >= 15 is 0 Å². The number of sulfonamides is 1. The van der Waals surface area contributed by atoms with Crippen molar-refractivity contribution in [2.45, 2.75) is 24.1 Å². The van der Waals surface area contributed by atoms with E-state index in [1.807, 2.05) is 4.72 Å². The van der Waals surface area contributed by atoms with Crippen LogP contribution in [0.5, 0.6) is 0 Å². The van der Waals surface area contributed by atoms with Crippen LogP contribution >= 0.6 is 11.6 Å². The van der Waals surface area contributed by atoms with Gasteiger partial charge in [0, 0.05) is 11.8 Å². The second-order valence-electron chi connectivity index (χ2n) is 7.45. The summed E-state index contributed by atoms with van der Waals surface area (Å²) in [5.74, 6) is -4.53. The van der Waals surface area contributed by atoms with Crippen molar-refractivity contribution in [1.29, 1.82) is 0 Å². The van der Waals surface area contributed by atoms with Crippen molar-refractivity contribution in [2.24, 2.45) is 0 Å². The van der Waals surface area contributed by atoms with E-state index in [2.05, 4.69) is 5.32 Å². The minimum absolute atomic E-state index is 0.265. The lowest BCUT2D eigenvalue weighted by Crippen LogP contribution is -2.30. The van der Waals surface area contributed by atoms with Crippen LogP contribution < -0.4 is 10.0 Å². The van der Waals surface area contributed by atoms with Gasteiger partial charge in [0.25, 0.3) is 15.9 Å². The second-order valence-corrected chi connectivity index (χ2v) is 9.51. The van der Waals surface area contributed by atoms with E-state index in [9.17, 15) is 40.0 Å². The largest absolute Gasteiger partial charge is 0.449 e. The van der Waals surface area contributed by atoms with Crippen molar-refractivity contribution >= 4 is 44.9 Å². The summed E-state index contributed by atoms with van der Waals surface area (Å²) in [5.41, 5.74) is -2.15. The van der Waals surface area contributed by atoms with Crippen LogP contribution in [0.1, 0.15) is 22.8 Å². The molecule has 0 aliphatic rings. The van der Waals surface area contributed by atoms with Crippen molar-refractivity contribution in [2.75, 3.05) is 10.0 Å². The number of carbonyl (C=O) groups is 2. The van der Waals surface area contributed by atoms with Crippen LogP contribution in [-0.2, 0) is 25.7 Å². The standard InChI is InChI=1S/C23H16ClF5N2O5S/c1-12(21(32)30-14-7-8-17(24)16(11-14)23(27,28)29)36-22(33)15-4-2-3-5-19(15)31-37(34,35)20-9-6-13(25)10-18(20)26/h2-12,31H,1H3,(H,30,32)/t12-/m0/s1. The fourth-order valence-electron chi connectivity index (χ4n) is 2.98. The summed E-state index contributed by atoms with van der Waals surface area (Å²) in [4.78, 5) is 24.2. The first-order chi connectivity index (χ1) is 17.2. The SMILES string of the molecule is C[C@H](OC(=O)c1ccccc1NS(=O)(=O)c1ccc(F)cc1F)C(=O)Nc1ccc(Cl)c(C(F)(F)F)c1. The first-order valence-electron chi connectivity index (χ1n) is 10.1. The highest BCUT2D eigenvalue weighted by molar-refractivity contribution is 7.92. The molecule has 2 N–H and O–H groups in total. The van der Waals surface area contributed by atoms with E-state index in [-0.39, 0.29) is 16.9 Å². The fourth-order valence-corrected chi connectivity index (χ4v) is 4.35. The Labute approximate surface area is 212 Å². The molecule has 0 heterocycles. The normalized spacial score (nSPS) is 12.5. The summed E-state index contributed by atoms with van der Waals surface area (Å²) >= 11 is 5.54. The molecule has 1 atom stereocenters. The van der Waals surface area contributed by atoms with E-state index in [0.29, 0.717) is 18.2 Å². The number of hydrogen-bond donors (Lipinski definition) is 2. The Balaban J connectivity index is 1.76. The molecule has 3 rings (SSSR count). The number of rotatable bonds is 7. The van der Waals surface area contributed by atoms with E-state index in [4.69, 9.17) is 16.3 Å². The van der Waals surface area contributed by atoms with E-state index in [0.717, 1.165) is 37.3 Å². The molecule has 0 aliphatic carbocycles. The van der Waals surface area contributed by atoms with Crippen LogP contribution in [0, 0.1) is 11.6 Å². The van der Waals surface area contributed by atoms with Gasteiger partial charge in [0.05, 0.1) is 21.8 Å². The number of alkyl halides is 3. The van der Waals surface area contributed by atoms with Gasteiger partial charge in [0.1, 0.15) is 16.5 Å². The molecule has 37 heavy (non-hydrogen) atoms. The highest BCUT2D eigenvalue weighted by Crippen LogP contribution is 2.36. The van der Waals surface area contributed by atoms with Crippen LogP contribution in [0.3, 0.4) is 0 Å². The molecule has 0 saturated heterocycles. The molecule has 0 saturated carbocycles. The molecular formula is C23H16ClF5N2O5S. The predicted octanol–water partition coefficient (Wildman–Crippen LogP) is 5.62. The number of nitrogens with one attached hydrogen (secondary N) is 2. The van der Waals surface area contributed by atoms with Gasteiger partial charge < -0.3 is 10.1 Å². The quantitative estimate of drug-likeness (QED) is 0.287. The number of para-hydroxylation sites is 1. The Morgan fingerprint density at radius 1 is 1.00 bits per heavy atom. The number of esters is 1. The minimum atomic E-state index is -4.77. The number of halogens is 6. The van der Waals surface area contributed by atoms with Gasteiger partial charge in [0.15, 0.2) is 6.10 Å². The van der Waals surface area contributed by atoms with Gasteiger partial charge in [-0.15, -0.1) is 0 Å². The molecule has 0 bridgehead atoms. The average Bonchev–Trinajstić information content (AvgIpc) is 2.79. The molecule has 0 fully saturated rings. The molecule has 3 aromatic rings. The smallest absolute Gasteiger partial charge is 0.417 e. The maximum Gasteiger partial charge on any atom is 0.417 e. The lowest BCUT2D eigenvalue weighted by Gasteiger charge is -2.17. The molecule has 14 heteroatoms. The summed E-state index contributed by atoms with van der Waals surface area (Å²) in [6, 6.07) is 9.46. The van der Waals surface area contributed by atoms with Crippen LogP contribution in [0.2, 0.25) is 5.02 Å². The fraction of sp³-hybridized carbons (Fsp3) is 0.130. The molecule has 1 amide bonds. The van der Waals surface area contributed by atoms with Crippen LogP contribution in [0.4, 0.5) is 33.3 Å². The molecule has 7 nitrogen and oxygen atoms in total. The lowest BCUT2D eigenvalue weighted by atomic mass is 10.2. The van der Waals surface area contributed by atoms with Gasteiger partial charge in [-0.1, -0.05) is 23.7 Å². The number of anilines is 2. The molecule has 0 aliphatic heterocycles. The molecule has 0 unspecified atom stereocenters. The number of carbonyl (C=O) groups excluding carboxylic acids is 2. The zero-order valence-electron chi connectivity index (χ0n) is 18.6. The predicted molar refractivity (Wildman–Crippen MR) is 124 cm³/mol. The Morgan fingerprint density at radius 2 is 1.68 bits per heavy atom. The Kier molecular flexibility index (Phi) is 8.08. The topological polar surface area (TPSA) is 102 Å². The molecule has 0 aromatic heterocycles. The Hall–Kier alpha value is -3.71. The van der Waals surface area contributed by atoms with E-state index in [1.54, 1.807) is 0 Å². The maximum absolute atomic E-state index is 14.0. The van der Waals surface area contributed by atoms with Gasteiger partial charge in [-0.25, -0.2) is 22.0 Å². The first-order valence-corrected chi connectivity index (χ1v) is 12.0. The van der Waals surface area contributed by atoms with Gasteiger partial charge >= 0.3 is 12.1 Å². The third-order valence-electron chi connectivity index (χ3n) is 4.77. The molecule has 0 spiro atoms. The molecular weight excluding hydrogens is 547 g/mol. The lowest BCUT2D eigenvalue weighted by molar-refractivity contribution is -0.137. The zero-order valence-corrected chi connectivity index (χ0v) is 20.1. The van der Waals surface area contributed by atoms with Gasteiger partial charge in [0.2, 0.25) is 0 Å². The molecule has 0 radical (unpaired) electrons. The zero-order chi connectivity index (χ0) is 27.5. The summed E-state index contributed by atoms with van der Waals surface area (Å²) in [5, 5.41) is 1.59. The number of amides is 1. The number of hydrogen-bond acceptors (Lipinski definition) is 5. The monoisotopic (exact) mass is 562 g/mol. The summed E-state index contributed by atoms with van der Waals surface area (Å²) in [6.45, 7) is 1.13. The minimum Gasteiger partial charge on any atom is -0.449 e. The maximum atomic E-state index is 14.0. The Bertz CT molecular complexity index is 1460. The highest BCUT2D eigenvalue weighted by atomic mass is 35.5. The van der Waals surface area contributed by atoms with Crippen molar-refractivity contribution < 1.29 is 44.7 Å². The second kappa shape index (κ2) is 10.7. The third kappa shape index (κ3) is 6.74. The highest BCUT2D eigenvalue weighted by Gasteiger charge is 2.33. The van der Waals surface area contributed by atoms with Crippen molar-refractivity contribution in [3.63, 3.8) is 0 Å². The number of ether oxygens (including phenoxy) is 1. The van der Waals surface area contributed by atoms with Crippen LogP contribution in [0.25, 0.3) is 0 Å². The summed E-state index contributed by atoms with van der Waals surface area (Å²) < 4.78 is 98.4. The van der Waals surface area contributed by atoms with E-state index in [1.165, 1.54) is 12.1 Å². The average molecular weight is 563 g/mol. The summed E-state index contributed by atoms with van der Waals surface area (Å²) in [6.07, 6.45) is -6.30. The summed E-state index contributed by atoms with van der Waals surface area (Å²) in [7, 11) is -4.60. The van der Waals surface area contributed by atoms with Gasteiger partial charge in [-0.3, -0.25) is 9.52 Å². The van der Waals surface area contributed by atoms with Crippen LogP contribution in [0.15, 0.2) is 65.6 Å². The van der Waals surface area contributed by atoms with Crippen molar-refractivity contribution in [3.8, 4) is 0 Å². The van der Waals surface area contributed by atoms with Gasteiger partial charge in [-0.2, -0.15) is 13.2 Å². The van der Waals surface area contributed by atoms with Gasteiger partial charge in [-0.05, 0) is 49.4 Å². The third-order valence-corrected chi connectivity index (χ3v) is 6.50. The van der Waals surface area contributed by atoms with E-state index < -0.39 is 61.3 Å². The van der Waals surface area contributed by atoms with Crippen LogP contribution in [-0.4, -0.2) is 26.4 Å². The Morgan fingerprint density at radius 3 is 2.32 bits per heavy atom. The number of benzene rings is 3. The molecule has 3 aromatic carbocycles. The van der Waals surface area contributed by atoms with Crippen molar-refractivity contribution in [3.05, 3.63) is 88.4 Å². The van der Waals surface area contributed by atoms with Crippen molar-refractivity contribution in [1.82, 2.24) is 0 Å².